The Hall–Kier alpha value is -1.07. The molecule has 0 saturated heterocycles. The van der Waals surface area contributed by atoms with Crippen LogP contribution in [0.25, 0.3) is 0 Å². The highest BCUT2D eigenvalue weighted by Crippen LogP contribution is 2.32. The van der Waals surface area contributed by atoms with Crippen molar-refractivity contribution in [3.8, 4) is 0 Å². The molecule has 2 N–H and O–H groups in total. The molecule has 0 aliphatic rings. The van der Waals surface area contributed by atoms with Crippen LogP contribution in [0.5, 0.6) is 0 Å². The van der Waals surface area contributed by atoms with Gasteiger partial charge < -0.3 is 5.48 Å². The summed E-state index contributed by atoms with van der Waals surface area (Å²) < 4.78 is 37.4. The average Bonchev–Trinajstić information content (AvgIpc) is 2.01. The van der Waals surface area contributed by atoms with Crippen LogP contribution in [0.2, 0.25) is 0 Å². The van der Waals surface area contributed by atoms with Gasteiger partial charge >= 0.3 is 6.18 Å². The van der Waals surface area contributed by atoms with Gasteiger partial charge in [0.05, 0.1) is 26.7 Å². The Kier molecular flexibility index (Phi) is 3.90. The number of rotatable bonds is 1. The van der Waals surface area contributed by atoms with E-state index in [1.54, 1.807) is 6.07 Å². The minimum Gasteiger partial charge on any atom is -0.412 e. The van der Waals surface area contributed by atoms with E-state index in [0.717, 1.165) is 6.07 Å². The maximum atomic E-state index is 12.3. The lowest BCUT2D eigenvalue weighted by Crippen LogP contribution is -2.34. The molecular weight excluding hydrogens is 207 g/mol. The first-order valence-electron chi connectivity index (χ1n) is 4.20. The number of alkyl halides is 3. The lowest BCUT2D eigenvalue weighted by atomic mass is 10.2. The zero-order valence-corrected chi connectivity index (χ0v) is 8.89. The van der Waals surface area contributed by atoms with Crippen LogP contribution >= 0.6 is 0 Å². The fraction of sp³-hybridized carbons (Fsp3) is 0.400. The quantitative estimate of drug-likeness (QED) is 0.651. The third-order valence-electron chi connectivity index (χ3n) is 1.95. The van der Waals surface area contributed by atoms with E-state index in [-0.39, 0.29) is 5.48 Å². The van der Waals surface area contributed by atoms with E-state index in [0.29, 0.717) is 10.2 Å². The van der Waals surface area contributed by atoms with Crippen LogP contribution < -0.4 is 4.48 Å². The molecule has 5 heteroatoms. The Morgan fingerprint density at radius 2 is 1.60 bits per heavy atom. The molecule has 1 aromatic rings. The molecule has 0 spiro atoms. The Morgan fingerprint density at radius 1 is 1.07 bits per heavy atom. The molecule has 86 valence electrons. The molecule has 0 unspecified atom stereocenters. The van der Waals surface area contributed by atoms with Gasteiger partial charge in [0.2, 0.25) is 0 Å². The van der Waals surface area contributed by atoms with Crippen molar-refractivity contribution in [2.24, 2.45) is 0 Å². The Bertz CT molecular complexity index is 299. The van der Waals surface area contributed by atoms with Crippen molar-refractivity contribution in [2.75, 3.05) is 21.1 Å². The van der Waals surface area contributed by atoms with Crippen molar-refractivity contribution in [1.29, 1.82) is 0 Å². The fourth-order valence-corrected chi connectivity index (χ4v) is 1.10. The van der Waals surface area contributed by atoms with E-state index < -0.39 is 11.7 Å². The predicted octanol–water partition coefficient (Wildman–Crippen LogP) is 2.08. The molecule has 0 atom stereocenters. The van der Waals surface area contributed by atoms with Crippen LogP contribution in [-0.4, -0.2) is 26.6 Å². The summed E-state index contributed by atoms with van der Waals surface area (Å²) in [6.07, 6.45) is -4.26. The van der Waals surface area contributed by atoms with Crippen molar-refractivity contribution < 1.29 is 18.6 Å². The van der Waals surface area contributed by atoms with Crippen molar-refractivity contribution in [1.82, 2.24) is 4.48 Å². The third-order valence-corrected chi connectivity index (χ3v) is 1.95. The third kappa shape index (κ3) is 3.53. The predicted molar refractivity (Wildman–Crippen MR) is 54.6 cm³/mol. The van der Waals surface area contributed by atoms with Crippen molar-refractivity contribution in [3.63, 3.8) is 0 Å². The van der Waals surface area contributed by atoms with E-state index in [2.05, 4.69) is 0 Å². The number of hydrogen-bond donors (Lipinski definition) is 0. The van der Waals surface area contributed by atoms with Gasteiger partial charge in [0.15, 0.2) is 0 Å². The second-order valence-electron chi connectivity index (χ2n) is 4.06. The molecule has 1 rings (SSSR count). The standard InChI is InChI=1S/C10H13F3N.H2O/c1-14(2,3)9-6-4-5-8(7-9)10(11,12)13;/h4-7H,1-3H3;1H2/q+1;. The summed E-state index contributed by atoms with van der Waals surface area (Å²) in [5, 5.41) is 0. The van der Waals surface area contributed by atoms with Gasteiger partial charge in [-0.15, -0.1) is 0 Å². The van der Waals surface area contributed by atoms with E-state index in [4.69, 9.17) is 0 Å². The van der Waals surface area contributed by atoms with Gasteiger partial charge in [-0.2, -0.15) is 13.2 Å². The summed E-state index contributed by atoms with van der Waals surface area (Å²) in [7, 11) is 5.49. The molecule has 15 heavy (non-hydrogen) atoms. The molecule has 2 nitrogen and oxygen atoms in total. The number of benzene rings is 1. The summed E-state index contributed by atoms with van der Waals surface area (Å²) in [5.74, 6) is 0. The van der Waals surface area contributed by atoms with E-state index in [1.165, 1.54) is 12.1 Å². The second kappa shape index (κ2) is 4.20. The molecule has 0 saturated carbocycles. The second-order valence-corrected chi connectivity index (χ2v) is 4.06. The topological polar surface area (TPSA) is 31.5 Å². The lowest BCUT2D eigenvalue weighted by molar-refractivity contribution is -0.137. The van der Waals surface area contributed by atoms with E-state index >= 15 is 0 Å². The van der Waals surface area contributed by atoms with E-state index in [1.807, 2.05) is 21.1 Å². The van der Waals surface area contributed by atoms with Gasteiger partial charge in [0.1, 0.15) is 5.69 Å². The van der Waals surface area contributed by atoms with Crippen LogP contribution in [0.4, 0.5) is 18.9 Å². The number of quaternary nitrogens is 1. The summed E-state index contributed by atoms with van der Waals surface area (Å²) in [4.78, 5) is 0. The zero-order valence-electron chi connectivity index (χ0n) is 8.89. The average molecular weight is 222 g/mol. The number of halogens is 3. The Labute approximate surface area is 86.8 Å². The van der Waals surface area contributed by atoms with Gasteiger partial charge in [-0.1, -0.05) is 6.07 Å². The highest BCUT2D eigenvalue weighted by molar-refractivity contribution is 5.44. The van der Waals surface area contributed by atoms with Crippen molar-refractivity contribution >= 4 is 5.69 Å². The van der Waals surface area contributed by atoms with Crippen LogP contribution in [0.15, 0.2) is 24.3 Å². The SMILES string of the molecule is C[N+](C)(C)c1cccc(C(F)(F)F)c1.O. The summed E-state index contributed by atoms with van der Waals surface area (Å²) in [5.41, 5.74) is 0.0443. The molecule has 1 aromatic carbocycles. The molecule has 0 aromatic heterocycles. The van der Waals surface area contributed by atoms with Gasteiger partial charge in [0.25, 0.3) is 0 Å². The van der Waals surface area contributed by atoms with Gasteiger partial charge in [-0.05, 0) is 12.1 Å². The molecule has 0 aliphatic carbocycles. The summed E-state index contributed by atoms with van der Waals surface area (Å²) in [6, 6.07) is 5.38. The largest absolute Gasteiger partial charge is 0.416 e. The van der Waals surface area contributed by atoms with Crippen molar-refractivity contribution in [3.05, 3.63) is 29.8 Å². The van der Waals surface area contributed by atoms with Crippen molar-refractivity contribution in [2.45, 2.75) is 6.18 Å². The maximum Gasteiger partial charge on any atom is 0.416 e. The minimum absolute atomic E-state index is 0. The monoisotopic (exact) mass is 222 g/mol. The molecule has 0 fully saturated rings. The molecule has 0 radical (unpaired) electrons. The molecule has 0 heterocycles. The van der Waals surface area contributed by atoms with E-state index in [9.17, 15) is 13.2 Å². The van der Waals surface area contributed by atoms with Crippen LogP contribution in [-0.2, 0) is 6.18 Å². The van der Waals surface area contributed by atoms with Gasteiger partial charge in [-0.25, -0.2) is 0 Å². The zero-order chi connectivity index (χ0) is 11.0. The lowest BCUT2D eigenvalue weighted by Gasteiger charge is -2.24. The van der Waals surface area contributed by atoms with Gasteiger partial charge in [0, 0.05) is 6.07 Å². The fourth-order valence-electron chi connectivity index (χ4n) is 1.10. The summed E-state index contributed by atoms with van der Waals surface area (Å²) >= 11 is 0. The number of hydrogen-bond acceptors (Lipinski definition) is 0. The number of nitrogens with zero attached hydrogens (tertiary/aromatic N) is 1. The van der Waals surface area contributed by atoms with Crippen LogP contribution in [0, 0.1) is 0 Å². The smallest absolute Gasteiger partial charge is 0.412 e. The van der Waals surface area contributed by atoms with Gasteiger partial charge in [-0.3, -0.25) is 4.48 Å². The normalized spacial score (nSPS) is 12.1. The Balaban J connectivity index is 0.00000196. The molecular formula is C10H15F3NO+. The van der Waals surface area contributed by atoms with Crippen LogP contribution in [0.1, 0.15) is 5.56 Å². The highest BCUT2D eigenvalue weighted by atomic mass is 19.4. The molecule has 0 bridgehead atoms. The molecule has 0 amide bonds. The molecule has 0 aliphatic heterocycles. The first-order valence-corrected chi connectivity index (χ1v) is 4.20. The van der Waals surface area contributed by atoms with Crippen LogP contribution in [0.3, 0.4) is 0 Å². The first-order chi connectivity index (χ1) is 6.21. The summed E-state index contributed by atoms with van der Waals surface area (Å²) in [6.45, 7) is 0. The maximum absolute atomic E-state index is 12.3. The minimum atomic E-state index is -4.26. The highest BCUT2D eigenvalue weighted by Gasteiger charge is 2.31. The first kappa shape index (κ1) is 13.9. The Morgan fingerprint density at radius 3 is 2.00 bits per heavy atom.